The number of rotatable bonds is 9. The molecular weight excluding hydrogens is 520 g/mol. The van der Waals surface area contributed by atoms with Gasteiger partial charge >= 0.3 is 6.03 Å². The van der Waals surface area contributed by atoms with Crippen molar-refractivity contribution in [2.45, 2.75) is 49.8 Å². The highest BCUT2D eigenvalue weighted by Crippen LogP contribution is 2.38. The minimum atomic E-state index is -4.21. The maximum atomic E-state index is 13.1. The molecule has 1 saturated heterocycles. The largest absolute Gasteiger partial charge is 0.481 e. The molecule has 0 bridgehead atoms. The van der Waals surface area contributed by atoms with Gasteiger partial charge < -0.3 is 14.8 Å². The minimum absolute atomic E-state index is 0.221. The molecule has 2 amide bonds. The van der Waals surface area contributed by atoms with Crippen molar-refractivity contribution in [3.63, 3.8) is 0 Å². The van der Waals surface area contributed by atoms with Crippen LogP contribution in [0.3, 0.4) is 0 Å². The number of aromatic nitrogens is 3. The number of nitrogens with zero attached hydrogens (tertiary/aromatic N) is 4. The van der Waals surface area contributed by atoms with Gasteiger partial charge in [-0.2, -0.15) is 13.5 Å². The number of anilines is 1. The first-order chi connectivity index (χ1) is 18.6. The number of aryl methyl sites for hydroxylation is 1. The maximum absolute atomic E-state index is 13.1. The molecule has 2 aromatic heterocycles. The average molecular weight is 555 g/mol. The number of sulfonamides is 1. The van der Waals surface area contributed by atoms with Gasteiger partial charge in [-0.05, 0) is 61.9 Å². The highest BCUT2D eigenvalue weighted by molar-refractivity contribution is 7.90. The van der Waals surface area contributed by atoms with Crippen LogP contribution < -0.4 is 14.8 Å². The molecule has 11 nitrogen and oxygen atoms in total. The number of benzene rings is 1. The number of hydrogen-bond acceptors (Lipinski definition) is 8. The zero-order valence-electron chi connectivity index (χ0n) is 22.6. The molecule has 208 valence electrons. The quantitative estimate of drug-likeness (QED) is 0.413. The number of methoxy groups -OCH3 is 2. The van der Waals surface area contributed by atoms with E-state index in [-0.39, 0.29) is 11.1 Å². The summed E-state index contributed by atoms with van der Waals surface area (Å²) < 4.78 is 40.6. The van der Waals surface area contributed by atoms with Crippen molar-refractivity contribution in [3.05, 3.63) is 53.9 Å². The fourth-order valence-electron chi connectivity index (χ4n) is 5.26. The Morgan fingerprint density at radius 1 is 1.15 bits per heavy atom. The normalized spacial score (nSPS) is 16.0. The molecule has 0 unspecified atom stereocenters. The van der Waals surface area contributed by atoms with Crippen molar-refractivity contribution in [1.29, 1.82) is 0 Å². The van der Waals surface area contributed by atoms with Crippen molar-refractivity contribution < 1.29 is 22.7 Å². The number of hydrogen-bond donors (Lipinski definition) is 2. The Bertz CT molecular complexity index is 1480. The molecule has 1 aliphatic heterocycles. The maximum Gasteiger partial charge on any atom is 0.333 e. The van der Waals surface area contributed by atoms with Crippen molar-refractivity contribution in [2.75, 3.05) is 39.2 Å². The van der Waals surface area contributed by atoms with Gasteiger partial charge in [0.1, 0.15) is 0 Å². The zero-order chi connectivity index (χ0) is 27.8. The Morgan fingerprint density at radius 2 is 1.95 bits per heavy atom. The molecule has 0 spiro atoms. The van der Waals surface area contributed by atoms with E-state index in [1.807, 2.05) is 32.0 Å². The Morgan fingerprint density at radius 3 is 2.69 bits per heavy atom. The number of ether oxygens (including phenoxy) is 2. The minimum Gasteiger partial charge on any atom is -0.481 e. The molecule has 1 fully saturated rings. The van der Waals surface area contributed by atoms with Gasteiger partial charge in [-0.25, -0.2) is 14.5 Å². The van der Waals surface area contributed by atoms with E-state index in [2.05, 4.69) is 25.0 Å². The molecular formula is C27H34N6O5S. The lowest BCUT2D eigenvalue weighted by Gasteiger charge is -2.42. The Hall–Kier alpha value is -3.48. The van der Waals surface area contributed by atoms with E-state index in [9.17, 15) is 13.2 Å². The highest BCUT2D eigenvalue weighted by atomic mass is 32.2. The van der Waals surface area contributed by atoms with Crippen LogP contribution >= 0.6 is 0 Å². The fraction of sp³-hybridized carbons (Fsp3) is 0.444. The predicted octanol–water partition coefficient (Wildman–Crippen LogP) is 3.02. The Labute approximate surface area is 228 Å². The number of likely N-dealkylation sites (tertiary alicyclic amines) is 1. The summed E-state index contributed by atoms with van der Waals surface area (Å²) in [6.45, 7) is 6.31. The molecule has 2 aliphatic rings. The average Bonchev–Trinajstić information content (AvgIpc) is 3.57. The van der Waals surface area contributed by atoms with Gasteiger partial charge in [-0.1, -0.05) is 12.1 Å². The summed E-state index contributed by atoms with van der Waals surface area (Å²) in [5.74, 6) is 0.442. The van der Waals surface area contributed by atoms with Crippen LogP contribution in [-0.4, -0.2) is 74.1 Å². The molecule has 0 saturated carbocycles. The summed E-state index contributed by atoms with van der Waals surface area (Å²) in [4.78, 5) is 19.5. The third-order valence-electron chi connectivity index (χ3n) is 7.33. The number of fused-ring (bicyclic) bond motifs is 1. The fourth-order valence-corrected chi connectivity index (χ4v) is 6.09. The zero-order valence-corrected chi connectivity index (χ0v) is 23.4. The van der Waals surface area contributed by atoms with Crippen LogP contribution in [0.2, 0.25) is 0 Å². The first-order valence-corrected chi connectivity index (χ1v) is 14.4. The molecule has 1 aliphatic carbocycles. The highest BCUT2D eigenvalue weighted by Gasteiger charge is 2.34. The smallest absolute Gasteiger partial charge is 0.333 e. The number of nitrogens with one attached hydrogen (secondary N) is 2. The topological polar surface area (TPSA) is 128 Å². The summed E-state index contributed by atoms with van der Waals surface area (Å²) >= 11 is 0. The van der Waals surface area contributed by atoms with Gasteiger partial charge in [0.15, 0.2) is 5.03 Å². The first-order valence-electron chi connectivity index (χ1n) is 12.9. The lowest BCUT2D eigenvalue weighted by atomic mass is 9.98. The van der Waals surface area contributed by atoms with E-state index in [0.717, 1.165) is 54.6 Å². The van der Waals surface area contributed by atoms with Gasteiger partial charge in [0.05, 0.1) is 24.4 Å². The van der Waals surface area contributed by atoms with Gasteiger partial charge in [-0.3, -0.25) is 9.58 Å². The molecule has 12 heteroatoms. The van der Waals surface area contributed by atoms with Crippen molar-refractivity contribution in [2.24, 2.45) is 0 Å². The monoisotopic (exact) mass is 554 g/mol. The molecule has 2 N–H and O–H groups in total. The van der Waals surface area contributed by atoms with E-state index in [1.165, 1.54) is 13.2 Å². The summed E-state index contributed by atoms with van der Waals surface area (Å²) in [6.07, 6.45) is 6.13. The standard InChI is InChI=1S/C27H34N6O5S/c1-27(2,17-32-15-20(16-32)37-3)33-13-11-24(30-33)39(35,36)31-26(34)29-25-21-7-5-6-18(21)8-9-22(25)19-10-12-28-23(14-19)38-4/h8-14,20H,5-7,15-17H2,1-4H3,(H2,29,31,34). The van der Waals surface area contributed by atoms with Crippen LogP contribution in [0.5, 0.6) is 5.88 Å². The molecule has 3 heterocycles. The number of pyridine rings is 1. The van der Waals surface area contributed by atoms with Gasteiger partial charge in [-0.15, -0.1) is 0 Å². The molecule has 0 atom stereocenters. The molecule has 3 aromatic rings. The molecule has 39 heavy (non-hydrogen) atoms. The number of carbonyl (C=O) groups excluding carboxylic acids is 1. The van der Waals surface area contributed by atoms with Crippen LogP contribution in [0.15, 0.2) is 47.8 Å². The van der Waals surface area contributed by atoms with E-state index >= 15 is 0 Å². The second-order valence-corrected chi connectivity index (χ2v) is 12.2. The van der Waals surface area contributed by atoms with E-state index in [4.69, 9.17) is 9.47 Å². The van der Waals surface area contributed by atoms with Crippen LogP contribution in [-0.2, 0) is 33.1 Å². The molecule has 0 radical (unpaired) electrons. The number of carbonyl (C=O) groups is 1. The first kappa shape index (κ1) is 27.1. The Balaban J connectivity index is 1.33. The number of urea groups is 1. The van der Waals surface area contributed by atoms with Crippen LogP contribution in [0.25, 0.3) is 11.1 Å². The van der Waals surface area contributed by atoms with E-state index in [1.54, 1.807) is 30.3 Å². The summed E-state index contributed by atoms with van der Waals surface area (Å²) in [5, 5.41) is 6.91. The Kier molecular flexibility index (Phi) is 7.36. The van der Waals surface area contributed by atoms with Gasteiger partial charge in [0.2, 0.25) is 5.88 Å². The molecule has 5 rings (SSSR count). The SMILES string of the molecule is COc1cc(-c2ccc3c(c2NC(=O)NS(=O)(=O)c2ccn(C(C)(C)CN4CC(OC)C4)n2)CCC3)ccn1. The van der Waals surface area contributed by atoms with Gasteiger partial charge in [0, 0.05) is 50.8 Å². The molecule has 1 aromatic carbocycles. The summed E-state index contributed by atoms with van der Waals surface area (Å²) in [6, 6.07) is 8.13. The number of amides is 2. The van der Waals surface area contributed by atoms with Crippen molar-refractivity contribution in [3.8, 4) is 17.0 Å². The summed E-state index contributed by atoms with van der Waals surface area (Å²) in [7, 11) is -0.976. The van der Waals surface area contributed by atoms with Gasteiger partial charge in [0.25, 0.3) is 10.0 Å². The predicted molar refractivity (Wildman–Crippen MR) is 146 cm³/mol. The van der Waals surface area contributed by atoms with E-state index < -0.39 is 21.6 Å². The van der Waals surface area contributed by atoms with Crippen LogP contribution in [0, 0.1) is 0 Å². The summed E-state index contributed by atoms with van der Waals surface area (Å²) in [5.41, 5.74) is 3.83. The third kappa shape index (κ3) is 5.63. The van der Waals surface area contributed by atoms with Crippen LogP contribution in [0.4, 0.5) is 10.5 Å². The van der Waals surface area contributed by atoms with Crippen molar-refractivity contribution in [1.82, 2.24) is 24.4 Å². The second-order valence-electron chi connectivity index (χ2n) is 10.6. The lowest BCUT2D eigenvalue weighted by Crippen LogP contribution is -2.56. The third-order valence-corrected chi connectivity index (χ3v) is 8.55. The van der Waals surface area contributed by atoms with Crippen LogP contribution in [0.1, 0.15) is 31.4 Å². The van der Waals surface area contributed by atoms with E-state index in [0.29, 0.717) is 18.1 Å². The second kappa shape index (κ2) is 10.6. The lowest BCUT2D eigenvalue weighted by molar-refractivity contribution is -0.0432. The van der Waals surface area contributed by atoms with Crippen molar-refractivity contribution >= 4 is 21.7 Å².